The molecule has 0 aliphatic carbocycles. The van der Waals surface area contributed by atoms with E-state index in [4.69, 9.17) is 16.9 Å². The van der Waals surface area contributed by atoms with Crippen LogP contribution in [0.4, 0.5) is 5.82 Å². The van der Waals surface area contributed by atoms with Gasteiger partial charge in [-0.1, -0.05) is 5.92 Å². The van der Waals surface area contributed by atoms with Crippen molar-refractivity contribution < 1.29 is 9.84 Å². The molecule has 0 unspecified atom stereocenters. The molecule has 0 saturated carbocycles. The molecule has 7 heteroatoms. The number of aliphatic hydroxyl groups is 1. The number of ether oxygens (including phenoxy) is 1. The smallest absolute Gasteiger partial charge is 0.149 e. The molecule has 1 aliphatic heterocycles. The zero-order valence-electron chi connectivity index (χ0n) is 10.5. The Morgan fingerprint density at radius 3 is 3.10 bits per heavy atom. The molecule has 2 aromatic rings. The molecule has 0 spiro atoms. The van der Waals surface area contributed by atoms with Crippen LogP contribution in [0.25, 0.3) is 11.0 Å². The highest BCUT2D eigenvalue weighted by Gasteiger charge is 2.36. The van der Waals surface area contributed by atoms with Crippen LogP contribution in [0.15, 0.2) is 12.5 Å². The summed E-state index contributed by atoms with van der Waals surface area (Å²) in [5.74, 6) is 3.07. The molecule has 2 aromatic heterocycles. The largest absolute Gasteiger partial charge is 0.394 e. The first-order valence-corrected chi connectivity index (χ1v) is 7.22. The van der Waals surface area contributed by atoms with E-state index in [0.717, 1.165) is 8.96 Å². The molecule has 6 nitrogen and oxygen atoms in total. The van der Waals surface area contributed by atoms with Crippen molar-refractivity contribution in [2.24, 2.45) is 5.92 Å². The first-order chi connectivity index (χ1) is 9.65. The maximum absolute atomic E-state index is 9.26. The topological polar surface area (TPSA) is 86.2 Å². The second kappa shape index (κ2) is 5.20. The predicted octanol–water partition coefficient (Wildman–Crippen LogP) is 1.15. The molecule has 0 aromatic carbocycles. The standard InChI is InChI=1S/C13H13IN4O2/c1-2-7-3-8(5-19)20-13(7)18-4-9(14)10-11(15)16-6-17-12(10)18/h1,4,6-8,13,19H,3,5H2,(H2,15,16,17)/t7-,8-,13+/m0/s1. The fraction of sp³-hybridized carbons (Fsp3) is 0.385. The summed E-state index contributed by atoms with van der Waals surface area (Å²) in [7, 11) is 0. The Bertz CT molecular complexity index is 693. The molecule has 3 N–H and O–H groups in total. The van der Waals surface area contributed by atoms with Crippen LogP contribution in [0.1, 0.15) is 12.6 Å². The number of hydrogen-bond donors (Lipinski definition) is 2. The van der Waals surface area contributed by atoms with E-state index in [1.54, 1.807) is 0 Å². The lowest BCUT2D eigenvalue weighted by Crippen LogP contribution is -2.16. The van der Waals surface area contributed by atoms with Gasteiger partial charge in [-0.15, -0.1) is 6.42 Å². The summed E-state index contributed by atoms with van der Waals surface area (Å²) >= 11 is 2.19. The molecule has 20 heavy (non-hydrogen) atoms. The molecule has 104 valence electrons. The van der Waals surface area contributed by atoms with Gasteiger partial charge in [0.2, 0.25) is 0 Å². The number of nitrogen functional groups attached to an aromatic ring is 1. The lowest BCUT2D eigenvalue weighted by atomic mass is 10.0. The van der Waals surface area contributed by atoms with E-state index in [9.17, 15) is 5.11 Å². The third kappa shape index (κ3) is 2.04. The molecular formula is C13H13IN4O2. The number of anilines is 1. The molecule has 3 atom stereocenters. The zero-order valence-corrected chi connectivity index (χ0v) is 12.7. The van der Waals surface area contributed by atoms with Crippen LogP contribution in [0.5, 0.6) is 0 Å². The van der Waals surface area contributed by atoms with Gasteiger partial charge in [0.05, 0.1) is 24.0 Å². The van der Waals surface area contributed by atoms with Gasteiger partial charge in [0, 0.05) is 9.77 Å². The second-order valence-electron chi connectivity index (χ2n) is 4.68. The molecule has 1 aliphatic rings. The first-order valence-electron chi connectivity index (χ1n) is 6.14. The van der Waals surface area contributed by atoms with E-state index in [0.29, 0.717) is 17.9 Å². The highest BCUT2D eigenvalue weighted by Crippen LogP contribution is 2.37. The van der Waals surface area contributed by atoms with Gasteiger partial charge in [-0.05, 0) is 29.0 Å². The number of hydrogen-bond acceptors (Lipinski definition) is 5. The average molecular weight is 384 g/mol. The van der Waals surface area contributed by atoms with E-state index < -0.39 is 0 Å². The van der Waals surface area contributed by atoms with Crippen LogP contribution in [0, 0.1) is 21.8 Å². The Balaban J connectivity index is 2.11. The molecule has 0 bridgehead atoms. The van der Waals surface area contributed by atoms with Crippen molar-refractivity contribution in [3.05, 3.63) is 16.1 Å². The number of terminal acetylenes is 1. The summed E-state index contributed by atoms with van der Waals surface area (Å²) < 4.78 is 8.66. The maximum Gasteiger partial charge on any atom is 0.149 e. The summed E-state index contributed by atoms with van der Waals surface area (Å²) in [5, 5.41) is 10.1. The summed E-state index contributed by atoms with van der Waals surface area (Å²) in [6, 6.07) is 0. The Labute approximate surface area is 129 Å². The minimum Gasteiger partial charge on any atom is -0.394 e. The van der Waals surface area contributed by atoms with Crippen molar-refractivity contribution in [1.29, 1.82) is 0 Å². The molecule has 1 fully saturated rings. The summed E-state index contributed by atoms with van der Waals surface area (Å²) in [6.45, 7) is -0.0396. The number of aliphatic hydroxyl groups excluding tert-OH is 1. The highest BCUT2D eigenvalue weighted by molar-refractivity contribution is 14.1. The SMILES string of the molecule is C#C[C@H]1C[C@@H](CO)O[C@H]1n1cc(I)c2c(N)ncnc21. The summed E-state index contributed by atoms with van der Waals surface area (Å²) in [6.07, 6.45) is 8.96. The predicted molar refractivity (Wildman–Crippen MR) is 82.6 cm³/mol. The van der Waals surface area contributed by atoms with Gasteiger partial charge >= 0.3 is 0 Å². The van der Waals surface area contributed by atoms with Crippen LogP contribution in [-0.2, 0) is 4.74 Å². The molecule has 0 radical (unpaired) electrons. The second-order valence-corrected chi connectivity index (χ2v) is 5.84. The van der Waals surface area contributed by atoms with Crippen LogP contribution in [0.3, 0.4) is 0 Å². The van der Waals surface area contributed by atoms with Crippen molar-refractivity contribution in [1.82, 2.24) is 14.5 Å². The van der Waals surface area contributed by atoms with Gasteiger partial charge in [0.1, 0.15) is 24.0 Å². The summed E-state index contributed by atoms with van der Waals surface area (Å²) in [4.78, 5) is 8.29. The van der Waals surface area contributed by atoms with Crippen LogP contribution in [0.2, 0.25) is 0 Å². The Morgan fingerprint density at radius 2 is 2.40 bits per heavy atom. The van der Waals surface area contributed by atoms with Crippen molar-refractivity contribution in [3.8, 4) is 12.3 Å². The van der Waals surface area contributed by atoms with Crippen LogP contribution in [-0.4, -0.2) is 32.4 Å². The number of fused-ring (bicyclic) bond motifs is 1. The lowest BCUT2D eigenvalue weighted by Gasteiger charge is -2.17. The zero-order chi connectivity index (χ0) is 14.3. The highest BCUT2D eigenvalue weighted by atomic mass is 127. The summed E-state index contributed by atoms with van der Waals surface area (Å²) in [5.41, 5.74) is 6.60. The van der Waals surface area contributed by atoms with E-state index >= 15 is 0 Å². The number of rotatable bonds is 2. The van der Waals surface area contributed by atoms with Crippen molar-refractivity contribution in [2.45, 2.75) is 18.8 Å². The van der Waals surface area contributed by atoms with Gasteiger partial charge in [0.25, 0.3) is 0 Å². The fourth-order valence-corrected chi connectivity index (χ4v) is 3.35. The first kappa shape index (κ1) is 13.6. The normalized spacial score (nSPS) is 25.9. The van der Waals surface area contributed by atoms with E-state index in [1.165, 1.54) is 6.33 Å². The van der Waals surface area contributed by atoms with E-state index in [-0.39, 0.29) is 24.9 Å². The van der Waals surface area contributed by atoms with Crippen LogP contribution < -0.4 is 5.73 Å². The van der Waals surface area contributed by atoms with E-state index in [1.807, 2.05) is 10.8 Å². The van der Waals surface area contributed by atoms with E-state index in [2.05, 4.69) is 38.5 Å². The van der Waals surface area contributed by atoms with Crippen molar-refractivity contribution in [3.63, 3.8) is 0 Å². The van der Waals surface area contributed by atoms with Gasteiger partial charge in [-0.25, -0.2) is 9.97 Å². The van der Waals surface area contributed by atoms with Gasteiger partial charge < -0.3 is 20.1 Å². The maximum atomic E-state index is 9.26. The minimum atomic E-state index is -0.336. The monoisotopic (exact) mass is 384 g/mol. The quantitative estimate of drug-likeness (QED) is 0.599. The van der Waals surface area contributed by atoms with Crippen molar-refractivity contribution >= 4 is 39.4 Å². The van der Waals surface area contributed by atoms with Gasteiger partial charge in [-0.3, -0.25) is 0 Å². The lowest BCUT2D eigenvalue weighted by molar-refractivity contribution is -0.0260. The fourth-order valence-electron chi connectivity index (χ4n) is 2.53. The minimum absolute atomic E-state index is 0.0396. The van der Waals surface area contributed by atoms with Crippen molar-refractivity contribution in [2.75, 3.05) is 12.3 Å². The average Bonchev–Trinajstić information content (AvgIpc) is 3.00. The number of nitrogens with two attached hydrogens (primary N) is 1. The Kier molecular flexibility index (Phi) is 3.54. The third-order valence-corrected chi connectivity index (χ3v) is 4.30. The number of halogens is 1. The third-order valence-electron chi connectivity index (χ3n) is 3.48. The molecule has 3 heterocycles. The van der Waals surface area contributed by atoms with Gasteiger partial charge in [-0.2, -0.15) is 0 Å². The van der Waals surface area contributed by atoms with Gasteiger partial charge in [0.15, 0.2) is 0 Å². The molecular weight excluding hydrogens is 371 g/mol. The molecule has 3 rings (SSSR count). The molecule has 1 saturated heterocycles. The number of aromatic nitrogens is 3. The Hall–Kier alpha value is -1.37. The van der Waals surface area contributed by atoms with Crippen LogP contribution >= 0.6 is 22.6 Å². The Morgan fingerprint density at radius 1 is 1.60 bits per heavy atom. The molecule has 0 amide bonds. The number of nitrogens with zero attached hydrogens (tertiary/aromatic N) is 3.